The summed E-state index contributed by atoms with van der Waals surface area (Å²) in [6.07, 6.45) is 1.19. The highest BCUT2D eigenvalue weighted by molar-refractivity contribution is 5.89. The average Bonchev–Trinajstić information content (AvgIpc) is 2.23. The summed E-state index contributed by atoms with van der Waals surface area (Å²) >= 11 is 0. The van der Waals surface area contributed by atoms with Crippen molar-refractivity contribution in [2.75, 3.05) is 19.6 Å². The van der Waals surface area contributed by atoms with Crippen LogP contribution in [0.15, 0.2) is 0 Å². The Labute approximate surface area is 113 Å². The molecule has 3 heterocycles. The zero-order valence-electron chi connectivity index (χ0n) is 11.9. The van der Waals surface area contributed by atoms with E-state index in [9.17, 15) is 9.59 Å². The third kappa shape index (κ3) is 2.83. The molecular formula is C13H23N3O3. The number of hydrogen-bond acceptors (Lipinski definition) is 4. The van der Waals surface area contributed by atoms with Gasteiger partial charge in [-0.3, -0.25) is 9.69 Å². The molecule has 2 atom stereocenters. The predicted molar refractivity (Wildman–Crippen MR) is 70.5 cm³/mol. The molecule has 0 saturated carbocycles. The van der Waals surface area contributed by atoms with E-state index in [-0.39, 0.29) is 24.1 Å². The van der Waals surface area contributed by atoms with Crippen molar-refractivity contribution in [1.29, 1.82) is 0 Å². The molecule has 3 fully saturated rings. The van der Waals surface area contributed by atoms with Crippen LogP contribution in [-0.4, -0.2) is 59.1 Å². The Bertz CT molecular complexity index is 378. The summed E-state index contributed by atoms with van der Waals surface area (Å²) < 4.78 is 5.34. The molecule has 2 unspecified atom stereocenters. The number of hydrogen-bond donors (Lipinski definition) is 1. The molecule has 0 aromatic rings. The molecule has 0 spiro atoms. The van der Waals surface area contributed by atoms with E-state index >= 15 is 0 Å². The fourth-order valence-electron chi connectivity index (χ4n) is 2.61. The van der Waals surface area contributed by atoms with E-state index in [1.807, 2.05) is 25.7 Å². The zero-order valence-corrected chi connectivity index (χ0v) is 11.9. The van der Waals surface area contributed by atoms with Crippen LogP contribution in [0, 0.1) is 0 Å². The molecule has 0 aliphatic carbocycles. The maximum atomic E-state index is 12.2. The van der Waals surface area contributed by atoms with Crippen LogP contribution in [0.4, 0.5) is 4.79 Å². The summed E-state index contributed by atoms with van der Waals surface area (Å²) in [4.78, 5) is 27.6. The largest absolute Gasteiger partial charge is 0.444 e. The van der Waals surface area contributed by atoms with E-state index < -0.39 is 5.60 Å². The number of piperazine rings is 1. The van der Waals surface area contributed by atoms with Crippen LogP contribution in [0.25, 0.3) is 0 Å². The van der Waals surface area contributed by atoms with Crippen molar-refractivity contribution in [3.63, 3.8) is 0 Å². The van der Waals surface area contributed by atoms with E-state index in [1.165, 1.54) is 0 Å². The van der Waals surface area contributed by atoms with Crippen LogP contribution in [0.3, 0.4) is 0 Å². The number of ether oxygens (including phenoxy) is 1. The van der Waals surface area contributed by atoms with E-state index in [4.69, 9.17) is 10.5 Å². The van der Waals surface area contributed by atoms with Crippen LogP contribution in [0.5, 0.6) is 0 Å². The minimum atomic E-state index is -0.525. The molecule has 19 heavy (non-hydrogen) atoms. The standard InChI is InChI=1S/C13H23N3O3/c1-13(2,3)19-12(18)16-9-7-10(16)11(17)15(8-9)6-4-5-14/h9-10H,4-8,14H2,1-3H3. The molecule has 108 valence electrons. The first-order valence-corrected chi connectivity index (χ1v) is 6.83. The molecule has 0 aromatic carbocycles. The number of fused-ring (bicyclic) bond motifs is 2. The van der Waals surface area contributed by atoms with Gasteiger partial charge in [-0.2, -0.15) is 0 Å². The summed E-state index contributed by atoms with van der Waals surface area (Å²) in [5, 5.41) is 0. The smallest absolute Gasteiger partial charge is 0.411 e. The Balaban J connectivity index is 1.95. The molecule has 6 nitrogen and oxygen atoms in total. The first kappa shape index (κ1) is 14.1. The molecule has 0 radical (unpaired) electrons. The molecule has 2 bridgehead atoms. The normalized spacial score (nSPS) is 26.2. The summed E-state index contributed by atoms with van der Waals surface area (Å²) in [6.45, 7) is 7.36. The van der Waals surface area contributed by atoms with Crippen molar-refractivity contribution < 1.29 is 14.3 Å². The minimum absolute atomic E-state index is 0.0295. The van der Waals surface area contributed by atoms with Crippen molar-refractivity contribution in [3.8, 4) is 0 Å². The van der Waals surface area contributed by atoms with Crippen LogP contribution in [0.1, 0.15) is 33.6 Å². The van der Waals surface area contributed by atoms with Gasteiger partial charge in [-0.25, -0.2) is 4.79 Å². The van der Waals surface area contributed by atoms with Gasteiger partial charge >= 0.3 is 6.09 Å². The third-order valence-corrected chi connectivity index (χ3v) is 3.49. The van der Waals surface area contributed by atoms with Crippen molar-refractivity contribution in [2.45, 2.75) is 51.3 Å². The number of rotatable bonds is 3. The van der Waals surface area contributed by atoms with Gasteiger partial charge in [-0.05, 0) is 40.2 Å². The average molecular weight is 269 g/mol. The van der Waals surface area contributed by atoms with Crippen molar-refractivity contribution in [3.05, 3.63) is 0 Å². The van der Waals surface area contributed by atoms with E-state index in [1.54, 1.807) is 4.90 Å². The number of carbonyl (C=O) groups is 2. The van der Waals surface area contributed by atoms with Gasteiger partial charge in [0, 0.05) is 13.1 Å². The van der Waals surface area contributed by atoms with Crippen molar-refractivity contribution in [2.24, 2.45) is 5.73 Å². The lowest BCUT2D eigenvalue weighted by atomic mass is 9.87. The maximum absolute atomic E-state index is 12.2. The third-order valence-electron chi connectivity index (χ3n) is 3.49. The zero-order chi connectivity index (χ0) is 14.2. The second-order valence-electron chi connectivity index (χ2n) is 6.22. The van der Waals surface area contributed by atoms with Crippen LogP contribution in [-0.2, 0) is 9.53 Å². The second kappa shape index (κ2) is 5.00. The van der Waals surface area contributed by atoms with Crippen molar-refractivity contribution >= 4 is 12.0 Å². The molecule has 3 rings (SSSR count). The number of nitrogens with two attached hydrogens (primary N) is 1. The fourth-order valence-corrected chi connectivity index (χ4v) is 2.61. The summed E-state index contributed by atoms with van der Waals surface area (Å²) in [7, 11) is 0. The Morgan fingerprint density at radius 1 is 1.47 bits per heavy atom. The first-order valence-electron chi connectivity index (χ1n) is 6.83. The summed E-state index contributed by atoms with van der Waals surface area (Å²) in [6, 6.07) is -0.221. The minimum Gasteiger partial charge on any atom is -0.444 e. The second-order valence-corrected chi connectivity index (χ2v) is 6.22. The highest BCUT2D eigenvalue weighted by Gasteiger charge is 2.53. The first-order chi connectivity index (χ1) is 8.83. The Morgan fingerprint density at radius 3 is 2.68 bits per heavy atom. The van der Waals surface area contributed by atoms with Gasteiger partial charge in [0.25, 0.3) is 0 Å². The fraction of sp³-hybridized carbons (Fsp3) is 0.846. The van der Waals surface area contributed by atoms with Gasteiger partial charge < -0.3 is 15.4 Å². The summed E-state index contributed by atoms with van der Waals surface area (Å²) in [5.74, 6) is 0.0295. The quantitative estimate of drug-likeness (QED) is 0.812. The molecule has 3 saturated heterocycles. The number of piperidine rings is 1. The van der Waals surface area contributed by atoms with Crippen molar-refractivity contribution in [1.82, 2.24) is 9.80 Å². The number of nitrogens with zero attached hydrogens (tertiary/aromatic N) is 2. The highest BCUT2D eigenvalue weighted by atomic mass is 16.6. The lowest BCUT2D eigenvalue weighted by molar-refractivity contribution is -0.157. The van der Waals surface area contributed by atoms with Crippen LogP contribution >= 0.6 is 0 Å². The maximum Gasteiger partial charge on any atom is 0.411 e. The Kier molecular flexibility index (Phi) is 3.71. The highest BCUT2D eigenvalue weighted by Crippen LogP contribution is 2.34. The van der Waals surface area contributed by atoms with E-state index in [2.05, 4.69) is 0 Å². The van der Waals surface area contributed by atoms with Gasteiger partial charge in [0.1, 0.15) is 11.6 Å². The van der Waals surface area contributed by atoms with Gasteiger partial charge in [0.2, 0.25) is 5.91 Å². The van der Waals surface area contributed by atoms with Gasteiger partial charge in [0.05, 0.1) is 6.04 Å². The molecule has 2 N–H and O–H groups in total. The molecule has 3 aliphatic heterocycles. The lowest BCUT2D eigenvalue weighted by Gasteiger charge is -2.54. The van der Waals surface area contributed by atoms with E-state index in [0.717, 1.165) is 12.8 Å². The SMILES string of the molecule is CC(C)(C)OC(=O)N1C2CC1C(=O)N(CCCN)C2. The Morgan fingerprint density at radius 2 is 2.16 bits per heavy atom. The number of carbonyl (C=O) groups excluding carboxylic acids is 2. The lowest BCUT2D eigenvalue weighted by Crippen LogP contribution is -2.73. The molecule has 2 amide bonds. The molecule has 6 heteroatoms. The van der Waals surface area contributed by atoms with Crippen LogP contribution in [0.2, 0.25) is 0 Å². The van der Waals surface area contributed by atoms with Gasteiger partial charge in [0.15, 0.2) is 0 Å². The monoisotopic (exact) mass is 269 g/mol. The molecule has 0 aromatic heterocycles. The van der Waals surface area contributed by atoms with Gasteiger partial charge in [-0.1, -0.05) is 0 Å². The summed E-state index contributed by atoms with van der Waals surface area (Å²) in [5.41, 5.74) is 4.93. The topological polar surface area (TPSA) is 75.9 Å². The van der Waals surface area contributed by atoms with Crippen LogP contribution < -0.4 is 5.73 Å². The molecule has 3 aliphatic rings. The number of amides is 2. The Hall–Kier alpha value is -1.30. The predicted octanol–water partition coefficient (Wildman–Crippen LogP) is 0.555. The molecular weight excluding hydrogens is 246 g/mol. The van der Waals surface area contributed by atoms with E-state index in [0.29, 0.717) is 19.6 Å². The van der Waals surface area contributed by atoms with Gasteiger partial charge in [-0.15, -0.1) is 0 Å².